The zero-order valence-corrected chi connectivity index (χ0v) is 11.8. The molecular weight excluding hydrogens is 230 g/mol. The van der Waals surface area contributed by atoms with Gasteiger partial charge in [-0.05, 0) is 39.8 Å². The molecule has 0 saturated carbocycles. The van der Waals surface area contributed by atoms with Gasteiger partial charge in [0.15, 0.2) is 5.96 Å². The number of rotatable bonds is 3. The van der Waals surface area contributed by atoms with Crippen molar-refractivity contribution in [3.05, 3.63) is 24.3 Å². The molecule has 1 aromatic rings. The lowest BCUT2D eigenvalue weighted by Crippen LogP contribution is -2.36. The lowest BCUT2D eigenvalue weighted by atomic mass is 10.3. The molecule has 1 rings (SSSR count). The number of hydrogen-bond acceptors (Lipinski definition) is 2. The first-order valence-electron chi connectivity index (χ1n) is 5.88. The van der Waals surface area contributed by atoms with Crippen LogP contribution >= 0.6 is 12.6 Å². The fourth-order valence-electron chi connectivity index (χ4n) is 1.34. The van der Waals surface area contributed by atoms with Crippen molar-refractivity contribution in [2.75, 3.05) is 5.32 Å². The molecule has 0 radical (unpaired) electrons. The standard InChI is InChI=1S/C13H21N3S/c1-9(2)14-13(15-10(3)4)16-11-7-5-6-8-12(11)17/h5-10,17H,1-4H3,(H2,14,15,16). The maximum absolute atomic E-state index is 4.51. The summed E-state index contributed by atoms with van der Waals surface area (Å²) in [6.07, 6.45) is 0. The predicted molar refractivity (Wildman–Crippen MR) is 78.2 cm³/mol. The van der Waals surface area contributed by atoms with Crippen LogP contribution in [0, 0.1) is 0 Å². The van der Waals surface area contributed by atoms with Crippen LogP contribution in [0.3, 0.4) is 0 Å². The largest absolute Gasteiger partial charge is 0.354 e. The van der Waals surface area contributed by atoms with Crippen LogP contribution in [-0.4, -0.2) is 18.0 Å². The number of nitrogens with zero attached hydrogens (tertiary/aromatic N) is 1. The minimum absolute atomic E-state index is 0.246. The third-order valence-electron chi connectivity index (χ3n) is 1.97. The molecule has 0 aromatic heterocycles. The van der Waals surface area contributed by atoms with Gasteiger partial charge in [0.1, 0.15) is 0 Å². The number of aliphatic imine (C=N–C) groups is 1. The van der Waals surface area contributed by atoms with Gasteiger partial charge in [0.05, 0.1) is 5.69 Å². The molecule has 94 valence electrons. The van der Waals surface area contributed by atoms with Gasteiger partial charge in [0.2, 0.25) is 0 Å². The molecule has 0 bridgehead atoms. The molecule has 2 N–H and O–H groups in total. The summed E-state index contributed by atoms with van der Waals surface area (Å²) in [5.74, 6) is 0.788. The lowest BCUT2D eigenvalue weighted by molar-refractivity contribution is 0.717. The summed E-state index contributed by atoms with van der Waals surface area (Å²) < 4.78 is 0. The zero-order chi connectivity index (χ0) is 12.8. The molecule has 0 amide bonds. The molecule has 0 fully saturated rings. The van der Waals surface area contributed by atoms with E-state index in [1.807, 2.05) is 24.3 Å². The van der Waals surface area contributed by atoms with E-state index in [0.29, 0.717) is 6.04 Å². The van der Waals surface area contributed by atoms with E-state index >= 15 is 0 Å². The third kappa shape index (κ3) is 5.13. The summed E-state index contributed by atoms with van der Waals surface area (Å²) in [5.41, 5.74) is 0.961. The average molecular weight is 251 g/mol. The Labute approximate surface area is 109 Å². The number of hydrogen-bond donors (Lipinski definition) is 3. The first-order valence-corrected chi connectivity index (χ1v) is 6.33. The molecular formula is C13H21N3S. The van der Waals surface area contributed by atoms with Crippen molar-refractivity contribution in [3.8, 4) is 0 Å². The molecule has 0 aliphatic rings. The SMILES string of the molecule is CC(C)N=C(Nc1ccccc1S)NC(C)C. The Balaban J connectivity index is 2.83. The highest BCUT2D eigenvalue weighted by Gasteiger charge is 2.05. The van der Waals surface area contributed by atoms with Crippen LogP contribution < -0.4 is 10.6 Å². The molecule has 0 aliphatic heterocycles. The van der Waals surface area contributed by atoms with Gasteiger partial charge in [-0.1, -0.05) is 12.1 Å². The van der Waals surface area contributed by atoms with Crippen LogP contribution in [0.15, 0.2) is 34.2 Å². The average Bonchev–Trinajstić information content (AvgIpc) is 2.19. The van der Waals surface area contributed by atoms with Crippen LogP contribution in [0.1, 0.15) is 27.7 Å². The van der Waals surface area contributed by atoms with E-state index in [0.717, 1.165) is 16.5 Å². The Morgan fingerprint density at radius 3 is 2.35 bits per heavy atom. The first-order chi connectivity index (χ1) is 7.99. The highest BCUT2D eigenvalue weighted by molar-refractivity contribution is 7.80. The number of guanidine groups is 1. The fourth-order valence-corrected chi connectivity index (χ4v) is 1.56. The summed E-state index contributed by atoms with van der Waals surface area (Å²) in [6, 6.07) is 8.46. The minimum Gasteiger partial charge on any atom is -0.354 e. The summed E-state index contributed by atoms with van der Waals surface area (Å²) in [5, 5.41) is 6.56. The minimum atomic E-state index is 0.246. The molecule has 0 unspecified atom stereocenters. The van der Waals surface area contributed by atoms with E-state index in [9.17, 15) is 0 Å². The Bertz CT molecular complexity index is 386. The molecule has 0 aliphatic carbocycles. The zero-order valence-electron chi connectivity index (χ0n) is 10.9. The summed E-state index contributed by atoms with van der Waals surface area (Å²) in [4.78, 5) is 5.43. The number of thiol groups is 1. The highest BCUT2D eigenvalue weighted by Crippen LogP contribution is 2.18. The van der Waals surface area contributed by atoms with E-state index < -0.39 is 0 Å². The van der Waals surface area contributed by atoms with Crippen molar-refractivity contribution >= 4 is 24.3 Å². The number of anilines is 1. The van der Waals surface area contributed by atoms with E-state index in [-0.39, 0.29) is 6.04 Å². The van der Waals surface area contributed by atoms with Crippen molar-refractivity contribution in [1.82, 2.24) is 5.32 Å². The number of para-hydroxylation sites is 1. The van der Waals surface area contributed by atoms with E-state index in [1.165, 1.54) is 0 Å². The second-order valence-corrected chi connectivity index (χ2v) is 4.99. The van der Waals surface area contributed by atoms with Crippen LogP contribution in [0.2, 0.25) is 0 Å². The molecule has 3 nitrogen and oxygen atoms in total. The van der Waals surface area contributed by atoms with Crippen LogP contribution in [0.5, 0.6) is 0 Å². The van der Waals surface area contributed by atoms with Crippen LogP contribution in [0.4, 0.5) is 5.69 Å². The summed E-state index contributed by atoms with van der Waals surface area (Å²) in [7, 11) is 0. The Morgan fingerprint density at radius 1 is 1.18 bits per heavy atom. The predicted octanol–water partition coefficient (Wildman–Crippen LogP) is 3.15. The van der Waals surface area contributed by atoms with Crippen molar-refractivity contribution in [2.24, 2.45) is 4.99 Å². The quantitative estimate of drug-likeness (QED) is 0.438. The molecule has 4 heteroatoms. The van der Waals surface area contributed by atoms with Gasteiger partial charge in [0, 0.05) is 17.0 Å². The third-order valence-corrected chi connectivity index (χ3v) is 2.36. The van der Waals surface area contributed by atoms with Crippen LogP contribution in [-0.2, 0) is 0 Å². The Morgan fingerprint density at radius 2 is 1.82 bits per heavy atom. The Hall–Kier alpha value is -1.16. The fraction of sp³-hybridized carbons (Fsp3) is 0.462. The lowest BCUT2D eigenvalue weighted by Gasteiger charge is -2.17. The second-order valence-electron chi connectivity index (χ2n) is 4.51. The van der Waals surface area contributed by atoms with Gasteiger partial charge in [-0.2, -0.15) is 0 Å². The number of nitrogens with one attached hydrogen (secondary N) is 2. The monoisotopic (exact) mass is 251 g/mol. The van der Waals surface area contributed by atoms with Crippen molar-refractivity contribution in [1.29, 1.82) is 0 Å². The maximum Gasteiger partial charge on any atom is 0.196 e. The van der Waals surface area contributed by atoms with Crippen LogP contribution in [0.25, 0.3) is 0 Å². The van der Waals surface area contributed by atoms with Crippen molar-refractivity contribution in [3.63, 3.8) is 0 Å². The molecule has 17 heavy (non-hydrogen) atoms. The van der Waals surface area contributed by atoms with E-state index in [1.54, 1.807) is 0 Å². The Kier molecular flexibility index (Phi) is 5.35. The van der Waals surface area contributed by atoms with Crippen molar-refractivity contribution in [2.45, 2.75) is 44.7 Å². The van der Waals surface area contributed by atoms with Gasteiger partial charge in [0.25, 0.3) is 0 Å². The van der Waals surface area contributed by atoms with Crippen molar-refractivity contribution < 1.29 is 0 Å². The second kappa shape index (κ2) is 6.55. The van der Waals surface area contributed by atoms with E-state index in [2.05, 4.69) is 55.9 Å². The first kappa shape index (κ1) is 13.9. The van der Waals surface area contributed by atoms with Gasteiger partial charge in [-0.3, -0.25) is 4.99 Å². The van der Waals surface area contributed by atoms with Gasteiger partial charge in [-0.15, -0.1) is 12.6 Å². The topological polar surface area (TPSA) is 36.4 Å². The van der Waals surface area contributed by atoms with E-state index in [4.69, 9.17) is 0 Å². The molecule has 1 aromatic carbocycles. The summed E-state index contributed by atoms with van der Waals surface area (Å²) >= 11 is 4.41. The molecule has 0 atom stereocenters. The molecule has 0 heterocycles. The highest BCUT2D eigenvalue weighted by atomic mass is 32.1. The number of benzene rings is 1. The van der Waals surface area contributed by atoms with Gasteiger partial charge >= 0.3 is 0 Å². The van der Waals surface area contributed by atoms with Gasteiger partial charge in [-0.25, -0.2) is 0 Å². The molecule has 0 spiro atoms. The maximum atomic E-state index is 4.51. The smallest absolute Gasteiger partial charge is 0.196 e. The molecule has 0 saturated heterocycles. The normalized spacial score (nSPS) is 12.1. The van der Waals surface area contributed by atoms with Gasteiger partial charge < -0.3 is 10.6 Å². The summed E-state index contributed by atoms with van der Waals surface area (Å²) in [6.45, 7) is 8.28.